The Labute approximate surface area is 388 Å². The van der Waals surface area contributed by atoms with Crippen molar-refractivity contribution in [3.63, 3.8) is 0 Å². The van der Waals surface area contributed by atoms with Gasteiger partial charge in [0, 0.05) is 74.2 Å². The molecular formula is C55H80N4O6. The van der Waals surface area contributed by atoms with Gasteiger partial charge in [0.25, 0.3) is 0 Å². The van der Waals surface area contributed by atoms with Crippen LogP contribution in [0.2, 0.25) is 0 Å². The number of nitrogens with zero attached hydrogens (tertiary/aromatic N) is 2. The molecule has 0 saturated heterocycles. The van der Waals surface area contributed by atoms with Crippen LogP contribution >= 0.6 is 0 Å². The Kier molecular flexibility index (Phi) is 16.7. The Morgan fingerprint density at radius 3 is 1.91 bits per heavy atom. The van der Waals surface area contributed by atoms with Gasteiger partial charge in [-0.2, -0.15) is 0 Å². The van der Waals surface area contributed by atoms with E-state index < -0.39 is 11.9 Å². The minimum absolute atomic E-state index is 0.0683. The number of hydrogen-bond acceptors (Lipinski definition) is 8. The minimum Gasteiger partial charge on any atom is -0.512 e. The van der Waals surface area contributed by atoms with Gasteiger partial charge >= 0.3 is 11.9 Å². The van der Waals surface area contributed by atoms with E-state index >= 15 is 0 Å². The number of aromatic amines is 2. The first-order valence-corrected chi connectivity index (χ1v) is 25.1. The lowest BCUT2D eigenvalue weighted by Crippen LogP contribution is -2.18. The molecule has 4 N–H and O–H groups in total. The number of hydrogen-bond donors (Lipinski definition) is 4. The molecule has 356 valence electrons. The molecule has 1 unspecified atom stereocenters. The second kappa shape index (κ2) is 21.8. The number of nitrogens with one attached hydrogen (secondary N) is 2. The number of fused-ring (bicyclic) bond motifs is 8. The van der Waals surface area contributed by atoms with Gasteiger partial charge < -0.3 is 29.7 Å². The summed E-state index contributed by atoms with van der Waals surface area (Å²) in [5, 5.41) is 24.2. The van der Waals surface area contributed by atoms with Crippen LogP contribution in [-0.4, -0.2) is 55.8 Å². The first kappa shape index (κ1) is 49.8. The molecule has 3 aromatic rings. The first-order chi connectivity index (χ1) is 30.9. The molecule has 6 rings (SSSR count). The Morgan fingerprint density at radius 2 is 1.31 bits per heavy atom. The van der Waals surface area contributed by atoms with Crippen molar-refractivity contribution in [2.45, 2.75) is 189 Å². The molecule has 65 heavy (non-hydrogen) atoms. The average molecular weight is 893 g/mol. The number of aromatic nitrogens is 4. The van der Waals surface area contributed by atoms with E-state index in [1.165, 1.54) is 58.5 Å². The number of carbonyl (C=O) groups is 2. The van der Waals surface area contributed by atoms with E-state index in [9.17, 15) is 19.8 Å². The lowest BCUT2D eigenvalue weighted by molar-refractivity contribution is -0.144. The van der Waals surface area contributed by atoms with Gasteiger partial charge in [-0.15, -0.1) is 0 Å². The molecular weight excluding hydrogens is 813 g/mol. The van der Waals surface area contributed by atoms with Crippen LogP contribution in [0.4, 0.5) is 0 Å². The number of rotatable bonds is 20. The van der Waals surface area contributed by atoms with Gasteiger partial charge in [0.05, 0.1) is 36.2 Å². The second-order valence-corrected chi connectivity index (χ2v) is 20.8. The molecule has 3 aromatic heterocycles. The molecule has 10 nitrogen and oxygen atoms in total. The lowest BCUT2D eigenvalue weighted by atomic mass is 9.84. The zero-order chi connectivity index (χ0) is 47.3. The highest BCUT2D eigenvalue weighted by atomic mass is 16.5. The predicted molar refractivity (Wildman–Crippen MR) is 264 cm³/mol. The van der Waals surface area contributed by atoms with E-state index in [4.69, 9.17) is 19.4 Å². The molecule has 2 aliphatic heterocycles. The summed E-state index contributed by atoms with van der Waals surface area (Å²) in [5.41, 5.74) is 8.55. The van der Waals surface area contributed by atoms with Crippen molar-refractivity contribution in [1.82, 2.24) is 19.9 Å². The van der Waals surface area contributed by atoms with Crippen LogP contribution in [0.5, 0.6) is 0 Å². The summed E-state index contributed by atoms with van der Waals surface area (Å²) in [4.78, 5) is 44.8. The van der Waals surface area contributed by atoms with Gasteiger partial charge in [-0.1, -0.05) is 113 Å². The van der Waals surface area contributed by atoms with Gasteiger partial charge in [-0.05, 0) is 93.0 Å². The normalized spacial score (nSPS) is 21.1. The van der Waals surface area contributed by atoms with E-state index in [-0.39, 0.29) is 47.6 Å². The fourth-order valence-electron chi connectivity index (χ4n) is 11.0. The fourth-order valence-corrected chi connectivity index (χ4v) is 11.0. The van der Waals surface area contributed by atoms with Gasteiger partial charge in [0.15, 0.2) is 0 Å². The predicted octanol–water partition coefficient (Wildman–Crippen LogP) is 12.5. The SMILES string of the molecule is CC[C@H]1c2cc3[nH]c4c(c5nc(cc6[nH]c(cc(n2)[C@@H]1C)c(=C(C)O)c6C)[C@@H](C)[C@@H]5CCC(=O)OCCC(C)CCC[C@H](C)CCC[C@@H](C)CCCC(C)C)[C@@H](C(=O)OC)C(O)=c4c3C. The Balaban J connectivity index is 1.23. The lowest BCUT2D eigenvalue weighted by Gasteiger charge is -2.19. The number of aliphatic hydroxyl groups is 2. The van der Waals surface area contributed by atoms with Crippen molar-refractivity contribution in [1.29, 1.82) is 0 Å². The number of ether oxygens (including phenoxy) is 2. The maximum Gasteiger partial charge on any atom is 0.321 e. The maximum atomic E-state index is 13.7. The highest BCUT2D eigenvalue weighted by Crippen LogP contribution is 2.46. The molecule has 1 aliphatic carbocycles. The van der Waals surface area contributed by atoms with E-state index in [1.54, 1.807) is 6.92 Å². The van der Waals surface area contributed by atoms with E-state index in [0.717, 1.165) is 87.0 Å². The van der Waals surface area contributed by atoms with E-state index in [1.807, 2.05) is 19.9 Å². The Morgan fingerprint density at radius 1 is 0.754 bits per heavy atom. The molecule has 10 heteroatoms. The van der Waals surface area contributed by atoms with Gasteiger partial charge in [-0.3, -0.25) is 19.6 Å². The van der Waals surface area contributed by atoms with Crippen molar-refractivity contribution in [2.24, 2.45) is 23.7 Å². The minimum atomic E-state index is -1.08. The molecule has 0 fully saturated rings. The summed E-state index contributed by atoms with van der Waals surface area (Å²) >= 11 is 0. The molecule has 0 saturated carbocycles. The van der Waals surface area contributed by atoms with Crippen LogP contribution in [0, 0.1) is 37.5 Å². The number of aliphatic hydroxyl groups excluding tert-OH is 2. The van der Waals surface area contributed by atoms with Crippen molar-refractivity contribution in [2.75, 3.05) is 13.7 Å². The van der Waals surface area contributed by atoms with Crippen LogP contribution < -0.4 is 10.4 Å². The quantitative estimate of drug-likeness (QED) is 0.0819. The summed E-state index contributed by atoms with van der Waals surface area (Å²) in [5.74, 6) is 0.918. The van der Waals surface area contributed by atoms with E-state index in [2.05, 4.69) is 77.5 Å². The number of H-pyrrole nitrogens is 2. The van der Waals surface area contributed by atoms with Crippen molar-refractivity contribution < 1.29 is 29.3 Å². The zero-order valence-corrected chi connectivity index (χ0v) is 41.7. The summed E-state index contributed by atoms with van der Waals surface area (Å²) in [6, 6.07) is 6.14. The number of aryl methyl sites for hydroxylation is 2. The molecule has 0 amide bonds. The third-order valence-electron chi connectivity index (χ3n) is 15.3. The van der Waals surface area contributed by atoms with Crippen LogP contribution in [0.3, 0.4) is 0 Å². The second-order valence-electron chi connectivity index (χ2n) is 20.8. The topological polar surface area (TPSA) is 150 Å². The standard InChI is InChI=1S/C55H80N4O6/c1-13-39-34(7)41-29-46-48(38(11)60)36(9)43(57-46)27-42-35(8)40(52(58-42)50-51(55(63)64-12)54(62)49-37(10)44(59-53(49)50)28-45(39)56-41)23-24-47(61)65-26-25-33(6)22-16-21-32(5)20-15-19-31(4)18-14-17-30(2)3/h27-35,39-40,51,57,59-60,62H,13-26H2,1-12H3/t31-,32+,33?,34+,35-,39+,40-,51+/m0/s1. The van der Waals surface area contributed by atoms with Crippen molar-refractivity contribution in [3.05, 3.63) is 68.1 Å². The summed E-state index contributed by atoms with van der Waals surface area (Å²) in [6.07, 6.45) is 13.9. The highest BCUT2D eigenvalue weighted by Gasteiger charge is 2.42. The molecule has 0 spiro atoms. The summed E-state index contributed by atoms with van der Waals surface area (Å²) in [7, 11) is 1.33. The Hall–Kier alpha value is -4.60. The van der Waals surface area contributed by atoms with Crippen LogP contribution in [-0.2, 0) is 19.1 Å². The van der Waals surface area contributed by atoms with Gasteiger partial charge in [0.2, 0.25) is 0 Å². The van der Waals surface area contributed by atoms with Gasteiger partial charge in [0.1, 0.15) is 11.7 Å². The molecule has 8 bridgehead atoms. The molecule has 0 radical (unpaired) electrons. The van der Waals surface area contributed by atoms with Crippen molar-refractivity contribution >= 4 is 45.5 Å². The average Bonchev–Trinajstić information content (AvgIpc) is 4.00. The molecule has 3 aliphatic rings. The van der Waals surface area contributed by atoms with Crippen LogP contribution in [0.1, 0.15) is 215 Å². The van der Waals surface area contributed by atoms with E-state index in [0.29, 0.717) is 40.9 Å². The first-order valence-electron chi connectivity index (χ1n) is 25.1. The fraction of sp³-hybridized carbons (Fsp3) is 0.636. The molecule has 8 atom stereocenters. The maximum absolute atomic E-state index is 13.7. The number of esters is 2. The molecule has 0 aromatic carbocycles. The smallest absolute Gasteiger partial charge is 0.321 e. The monoisotopic (exact) mass is 893 g/mol. The third-order valence-corrected chi connectivity index (χ3v) is 15.3. The third kappa shape index (κ3) is 11.2. The zero-order valence-electron chi connectivity index (χ0n) is 41.7. The number of methoxy groups -OCH3 is 1. The molecule has 5 heterocycles. The summed E-state index contributed by atoms with van der Waals surface area (Å²) in [6.45, 7) is 24.2. The summed E-state index contributed by atoms with van der Waals surface area (Å²) < 4.78 is 11.2. The van der Waals surface area contributed by atoms with Gasteiger partial charge in [-0.25, -0.2) is 0 Å². The van der Waals surface area contributed by atoms with Crippen molar-refractivity contribution in [3.8, 4) is 0 Å². The highest BCUT2D eigenvalue weighted by molar-refractivity contribution is 5.96. The van der Waals surface area contributed by atoms with Crippen LogP contribution in [0.15, 0.2) is 18.2 Å². The largest absolute Gasteiger partial charge is 0.512 e. The number of carbonyl (C=O) groups excluding carboxylic acids is 2. The Bertz CT molecular complexity index is 2480. The van der Waals surface area contributed by atoms with Crippen LogP contribution in [0.25, 0.3) is 33.6 Å².